The molecule has 0 radical (unpaired) electrons. The van der Waals surface area contributed by atoms with Crippen LogP contribution in [0.2, 0.25) is 5.02 Å². The fourth-order valence-corrected chi connectivity index (χ4v) is 5.12. The molecule has 0 amide bonds. The molecule has 0 heterocycles. The van der Waals surface area contributed by atoms with Gasteiger partial charge in [0.2, 0.25) is 0 Å². The Balaban J connectivity index is 0.00000484. The molecule has 0 aliphatic heterocycles. The highest BCUT2D eigenvalue weighted by Gasteiger charge is 2.34. The van der Waals surface area contributed by atoms with Crippen molar-refractivity contribution in [2.75, 3.05) is 19.7 Å². The van der Waals surface area contributed by atoms with Crippen LogP contribution in [0.5, 0.6) is 5.75 Å². The number of aliphatic carboxylic acids is 1. The highest BCUT2D eigenvalue weighted by Crippen LogP contribution is 2.37. The number of hydrogen-bond acceptors (Lipinski definition) is 3. The van der Waals surface area contributed by atoms with Crippen molar-refractivity contribution in [3.05, 3.63) is 136 Å². The molecule has 0 fully saturated rings. The summed E-state index contributed by atoms with van der Waals surface area (Å²) < 4.78 is 46.6. The highest BCUT2D eigenvalue weighted by molar-refractivity contribution is 6.32. The van der Waals surface area contributed by atoms with Gasteiger partial charge in [0.25, 0.3) is 0 Å². The summed E-state index contributed by atoms with van der Waals surface area (Å²) in [6.45, 7) is 1.67. The quantitative estimate of drug-likeness (QED) is 0.153. The molecule has 4 aromatic carbocycles. The summed E-state index contributed by atoms with van der Waals surface area (Å²) in [6, 6.07) is 31.0. The second-order valence-electron chi connectivity index (χ2n) is 9.81. The molecule has 4 rings (SSSR count). The van der Waals surface area contributed by atoms with Crippen molar-refractivity contribution in [2.24, 2.45) is 0 Å². The molecule has 0 saturated heterocycles. The zero-order valence-electron chi connectivity index (χ0n) is 22.8. The van der Waals surface area contributed by atoms with Crippen LogP contribution >= 0.6 is 24.0 Å². The van der Waals surface area contributed by atoms with Crippen LogP contribution in [-0.2, 0) is 23.9 Å². The van der Waals surface area contributed by atoms with Crippen molar-refractivity contribution >= 4 is 30.0 Å². The molecule has 0 bridgehead atoms. The molecule has 4 nitrogen and oxygen atoms in total. The first-order chi connectivity index (χ1) is 19.7. The molecular weight excluding hydrogens is 586 g/mol. The normalized spacial score (nSPS) is 11.4. The van der Waals surface area contributed by atoms with Gasteiger partial charge >= 0.3 is 12.1 Å². The van der Waals surface area contributed by atoms with Gasteiger partial charge in [-0.3, -0.25) is 9.69 Å². The predicted molar refractivity (Wildman–Crippen MR) is 162 cm³/mol. The van der Waals surface area contributed by atoms with E-state index in [1.807, 2.05) is 36.4 Å². The third-order valence-corrected chi connectivity index (χ3v) is 7.21. The maximum absolute atomic E-state index is 13.6. The molecule has 0 atom stereocenters. The number of nitrogens with zero attached hydrogens (tertiary/aromatic N) is 1. The van der Waals surface area contributed by atoms with Gasteiger partial charge in [-0.1, -0.05) is 96.5 Å². The second kappa shape index (κ2) is 15.6. The second-order valence-corrected chi connectivity index (χ2v) is 10.2. The fraction of sp³-hybridized carbons (Fsp3) is 0.242. The van der Waals surface area contributed by atoms with Gasteiger partial charge in [0.05, 0.1) is 23.6 Å². The zero-order valence-corrected chi connectivity index (χ0v) is 24.3. The third-order valence-electron chi connectivity index (χ3n) is 6.76. The molecule has 4 aromatic rings. The van der Waals surface area contributed by atoms with E-state index < -0.39 is 17.7 Å². The average Bonchev–Trinajstić information content (AvgIpc) is 2.95. The molecule has 0 unspecified atom stereocenters. The summed E-state index contributed by atoms with van der Waals surface area (Å²) in [5.74, 6) is -0.365. The van der Waals surface area contributed by atoms with Crippen LogP contribution in [0.15, 0.2) is 103 Å². The van der Waals surface area contributed by atoms with Crippen molar-refractivity contribution < 1.29 is 27.8 Å². The van der Waals surface area contributed by atoms with E-state index in [4.69, 9.17) is 21.4 Å². The van der Waals surface area contributed by atoms with Gasteiger partial charge in [-0.2, -0.15) is 13.2 Å². The number of carboxylic acids is 1. The Morgan fingerprint density at radius 1 is 0.881 bits per heavy atom. The molecule has 42 heavy (non-hydrogen) atoms. The minimum atomic E-state index is -4.54. The van der Waals surface area contributed by atoms with Crippen LogP contribution in [0.4, 0.5) is 13.2 Å². The van der Waals surface area contributed by atoms with E-state index in [1.54, 1.807) is 30.3 Å². The lowest BCUT2D eigenvalue weighted by Crippen LogP contribution is -2.31. The van der Waals surface area contributed by atoms with E-state index in [0.717, 1.165) is 17.2 Å². The Morgan fingerprint density at radius 3 is 2.10 bits per heavy atom. The SMILES string of the molecule is Cl.O=C(O)Cc1cccc(OCCCN(Cc2cccc(C(F)(F)F)c2Cl)CC(c2ccccc2)c2ccccc2)c1. The Hall–Kier alpha value is -3.52. The highest BCUT2D eigenvalue weighted by atomic mass is 35.5. The van der Waals surface area contributed by atoms with E-state index in [1.165, 1.54) is 6.07 Å². The fourth-order valence-electron chi connectivity index (χ4n) is 4.83. The van der Waals surface area contributed by atoms with Gasteiger partial charge in [-0.05, 0) is 46.9 Å². The molecule has 222 valence electrons. The Morgan fingerprint density at radius 2 is 1.50 bits per heavy atom. The Bertz CT molecular complexity index is 1380. The third kappa shape index (κ3) is 9.51. The summed E-state index contributed by atoms with van der Waals surface area (Å²) in [4.78, 5) is 13.1. The van der Waals surface area contributed by atoms with E-state index in [9.17, 15) is 18.0 Å². The van der Waals surface area contributed by atoms with Crippen molar-refractivity contribution in [3.8, 4) is 5.75 Å². The number of ether oxygens (including phenoxy) is 1. The van der Waals surface area contributed by atoms with Crippen molar-refractivity contribution in [1.29, 1.82) is 0 Å². The van der Waals surface area contributed by atoms with Gasteiger partial charge in [0.15, 0.2) is 0 Å². The molecule has 9 heteroatoms. The minimum Gasteiger partial charge on any atom is -0.494 e. The van der Waals surface area contributed by atoms with Gasteiger partial charge in [-0.15, -0.1) is 12.4 Å². The Labute approximate surface area is 255 Å². The minimum absolute atomic E-state index is 0. The van der Waals surface area contributed by atoms with Crippen LogP contribution in [0.3, 0.4) is 0 Å². The standard InChI is InChI=1S/C33H31ClF3NO3.ClH/c34-32-27(15-8-17-30(32)33(35,36)37)22-38(18-9-19-41-28-16-7-10-24(20-28)21-31(39)40)23-29(25-11-3-1-4-12-25)26-13-5-2-6-14-26;/h1-8,10-17,20,29H,9,18-19,21-23H2,(H,39,40);1H. The molecule has 0 spiro atoms. The number of benzene rings is 4. The van der Waals surface area contributed by atoms with Crippen LogP contribution in [0.1, 0.15) is 40.2 Å². The number of hydrogen-bond donors (Lipinski definition) is 1. The molecule has 0 saturated carbocycles. The van der Waals surface area contributed by atoms with E-state index >= 15 is 0 Å². The summed E-state index contributed by atoms with van der Waals surface area (Å²) in [5, 5.41) is 8.77. The van der Waals surface area contributed by atoms with Gasteiger partial charge in [0, 0.05) is 25.6 Å². The average molecular weight is 619 g/mol. The zero-order chi connectivity index (χ0) is 29.2. The molecule has 0 aliphatic carbocycles. The smallest absolute Gasteiger partial charge is 0.417 e. The van der Waals surface area contributed by atoms with E-state index in [0.29, 0.717) is 43.0 Å². The number of alkyl halides is 3. The summed E-state index contributed by atoms with van der Waals surface area (Å²) >= 11 is 6.29. The van der Waals surface area contributed by atoms with Gasteiger partial charge in [0.1, 0.15) is 5.75 Å². The first-order valence-corrected chi connectivity index (χ1v) is 13.7. The molecule has 0 aromatic heterocycles. The van der Waals surface area contributed by atoms with Crippen LogP contribution in [0, 0.1) is 0 Å². The van der Waals surface area contributed by atoms with Crippen LogP contribution in [-0.4, -0.2) is 35.7 Å². The molecule has 0 aliphatic rings. The first-order valence-electron chi connectivity index (χ1n) is 13.3. The summed E-state index contributed by atoms with van der Waals surface area (Å²) in [5.41, 5.74) is 2.41. The molecular formula is C33H32Cl2F3NO3. The Kier molecular flexibility index (Phi) is 12.3. The van der Waals surface area contributed by atoms with Gasteiger partial charge in [-0.25, -0.2) is 0 Å². The largest absolute Gasteiger partial charge is 0.494 e. The van der Waals surface area contributed by atoms with Crippen molar-refractivity contribution in [2.45, 2.75) is 31.5 Å². The number of carbonyl (C=O) groups is 1. The topological polar surface area (TPSA) is 49.8 Å². The molecule has 1 N–H and O–H groups in total. The lowest BCUT2D eigenvalue weighted by atomic mass is 9.90. The number of carboxylic acid groups (broad SMARTS) is 1. The lowest BCUT2D eigenvalue weighted by Gasteiger charge is -2.29. The van der Waals surface area contributed by atoms with Crippen molar-refractivity contribution in [3.63, 3.8) is 0 Å². The number of rotatable bonds is 13. The summed E-state index contributed by atoms with van der Waals surface area (Å²) in [7, 11) is 0. The van der Waals surface area contributed by atoms with Gasteiger partial charge < -0.3 is 9.84 Å². The monoisotopic (exact) mass is 617 g/mol. The van der Waals surface area contributed by atoms with Crippen LogP contribution < -0.4 is 4.74 Å². The number of halogens is 5. The van der Waals surface area contributed by atoms with E-state index in [2.05, 4.69) is 29.2 Å². The maximum Gasteiger partial charge on any atom is 0.417 e. The van der Waals surface area contributed by atoms with Crippen molar-refractivity contribution in [1.82, 2.24) is 4.90 Å². The predicted octanol–water partition coefficient (Wildman–Crippen LogP) is 8.51. The van der Waals surface area contributed by atoms with Crippen LogP contribution in [0.25, 0.3) is 0 Å². The maximum atomic E-state index is 13.6. The summed E-state index contributed by atoms with van der Waals surface area (Å²) in [6.07, 6.45) is -4.04. The first kappa shape index (κ1) is 33.0. The lowest BCUT2D eigenvalue weighted by molar-refractivity contribution is -0.138. The van der Waals surface area contributed by atoms with E-state index in [-0.39, 0.29) is 36.3 Å².